The van der Waals surface area contributed by atoms with Gasteiger partial charge in [-0.25, -0.2) is 4.39 Å². The van der Waals surface area contributed by atoms with Gasteiger partial charge in [0.15, 0.2) is 16.6 Å². The molecule has 1 N–H and O–H groups in total. The van der Waals surface area contributed by atoms with Crippen molar-refractivity contribution in [2.75, 3.05) is 27.4 Å². The normalized spacial score (nSPS) is 18.6. The molecule has 2 aliphatic rings. The van der Waals surface area contributed by atoms with Crippen molar-refractivity contribution in [3.63, 3.8) is 0 Å². The van der Waals surface area contributed by atoms with E-state index in [0.29, 0.717) is 24.1 Å². The minimum Gasteiger partial charge on any atom is -0.493 e. The highest BCUT2D eigenvalue weighted by molar-refractivity contribution is 7.80. The molecule has 172 valence electrons. The maximum absolute atomic E-state index is 13.3. The lowest BCUT2D eigenvalue weighted by atomic mass is 9.92. The second-order valence-electron chi connectivity index (χ2n) is 8.41. The monoisotopic (exact) mass is 458 g/mol. The molecule has 0 amide bonds. The zero-order chi connectivity index (χ0) is 22.5. The van der Waals surface area contributed by atoms with Crippen molar-refractivity contribution >= 4 is 17.3 Å². The zero-order valence-corrected chi connectivity index (χ0v) is 19.6. The van der Waals surface area contributed by atoms with Gasteiger partial charge in [-0.3, -0.25) is 0 Å². The van der Waals surface area contributed by atoms with E-state index < -0.39 is 0 Å². The van der Waals surface area contributed by atoms with E-state index in [2.05, 4.69) is 10.2 Å². The molecule has 0 radical (unpaired) electrons. The lowest BCUT2D eigenvalue weighted by Crippen LogP contribution is -2.50. The van der Waals surface area contributed by atoms with Crippen molar-refractivity contribution in [1.29, 1.82) is 0 Å². The van der Waals surface area contributed by atoms with Gasteiger partial charge in [0.05, 0.1) is 20.3 Å². The Morgan fingerprint density at radius 3 is 2.44 bits per heavy atom. The number of hydrogen-bond donors (Lipinski definition) is 1. The van der Waals surface area contributed by atoms with Gasteiger partial charge in [0.25, 0.3) is 0 Å². The van der Waals surface area contributed by atoms with Gasteiger partial charge in [-0.15, -0.1) is 0 Å². The van der Waals surface area contributed by atoms with E-state index >= 15 is 0 Å². The van der Waals surface area contributed by atoms with E-state index in [9.17, 15) is 4.39 Å². The van der Waals surface area contributed by atoms with Gasteiger partial charge in [-0.2, -0.15) is 0 Å². The Hall–Kier alpha value is -2.54. The van der Waals surface area contributed by atoms with E-state index in [1.165, 1.54) is 37.0 Å². The molecule has 1 saturated carbocycles. The van der Waals surface area contributed by atoms with Crippen molar-refractivity contribution in [3.8, 4) is 17.2 Å². The fourth-order valence-electron chi connectivity index (χ4n) is 4.66. The molecular formula is C25H31FN2O3S. The number of fused-ring (bicyclic) bond motifs is 1. The van der Waals surface area contributed by atoms with Crippen LogP contribution in [0.3, 0.4) is 0 Å². The molecular weight excluding hydrogens is 427 g/mol. The van der Waals surface area contributed by atoms with Crippen LogP contribution in [0.5, 0.6) is 17.2 Å². The molecule has 1 atom stereocenters. The smallest absolute Gasteiger partial charge is 0.169 e. The first-order chi connectivity index (χ1) is 15.6. The van der Waals surface area contributed by atoms with Gasteiger partial charge < -0.3 is 24.4 Å². The summed E-state index contributed by atoms with van der Waals surface area (Å²) in [4.78, 5) is 2.22. The van der Waals surface area contributed by atoms with Crippen LogP contribution in [-0.2, 0) is 6.42 Å². The van der Waals surface area contributed by atoms with Gasteiger partial charge in [-0.1, -0.05) is 19.3 Å². The molecule has 0 saturated heterocycles. The highest BCUT2D eigenvalue weighted by Gasteiger charge is 2.32. The summed E-state index contributed by atoms with van der Waals surface area (Å²) in [6, 6.07) is 10.5. The zero-order valence-electron chi connectivity index (χ0n) is 18.7. The number of nitrogens with one attached hydrogen (secondary N) is 1. The molecule has 7 heteroatoms. The topological polar surface area (TPSA) is 43.0 Å². The first kappa shape index (κ1) is 22.6. The molecule has 2 aromatic rings. The molecule has 0 aromatic heterocycles. The van der Waals surface area contributed by atoms with Crippen molar-refractivity contribution in [3.05, 3.63) is 53.3 Å². The standard InChI is InChI=1S/C25H31FN2O3S/c1-29-23-14-17-12-13-28(25(32)27-19-6-4-3-5-7-19)22(21(17)15-24(23)30-2)16-31-20-10-8-18(26)9-11-20/h8-11,14-15,19,22H,3-7,12-13,16H2,1-2H3,(H,27,32). The van der Waals surface area contributed by atoms with Crippen molar-refractivity contribution in [1.82, 2.24) is 10.2 Å². The fraction of sp³-hybridized carbons (Fsp3) is 0.480. The Kier molecular flexibility index (Phi) is 7.35. The molecule has 1 fully saturated rings. The second-order valence-corrected chi connectivity index (χ2v) is 8.80. The SMILES string of the molecule is COc1cc2c(cc1OC)C(COc1ccc(F)cc1)N(C(=S)NC1CCCCC1)CC2. The lowest BCUT2D eigenvalue weighted by Gasteiger charge is -2.40. The molecule has 0 spiro atoms. The van der Waals surface area contributed by atoms with Crippen LogP contribution in [0.25, 0.3) is 0 Å². The van der Waals surface area contributed by atoms with E-state index in [1.807, 2.05) is 12.1 Å². The fourth-order valence-corrected chi connectivity index (χ4v) is 5.05. The average Bonchev–Trinajstić information content (AvgIpc) is 2.83. The maximum Gasteiger partial charge on any atom is 0.169 e. The summed E-state index contributed by atoms with van der Waals surface area (Å²) in [6.07, 6.45) is 6.97. The third-order valence-corrected chi connectivity index (χ3v) is 6.77. The third kappa shape index (κ3) is 5.09. The van der Waals surface area contributed by atoms with Crippen molar-refractivity contribution < 1.29 is 18.6 Å². The maximum atomic E-state index is 13.3. The number of ether oxygens (including phenoxy) is 3. The minimum atomic E-state index is -0.281. The predicted octanol–water partition coefficient (Wildman–Crippen LogP) is 5.03. The van der Waals surface area contributed by atoms with Crippen LogP contribution < -0.4 is 19.5 Å². The van der Waals surface area contributed by atoms with Crippen LogP contribution in [0.1, 0.15) is 49.3 Å². The van der Waals surface area contributed by atoms with Crippen LogP contribution in [-0.4, -0.2) is 43.4 Å². The predicted molar refractivity (Wildman–Crippen MR) is 127 cm³/mol. The summed E-state index contributed by atoms with van der Waals surface area (Å²) >= 11 is 5.87. The number of hydrogen-bond acceptors (Lipinski definition) is 4. The Labute approximate surface area is 194 Å². The molecule has 1 heterocycles. The first-order valence-electron chi connectivity index (χ1n) is 11.3. The Balaban J connectivity index is 1.59. The quantitative estimate of drug-likeness (QED) is 0.613. The molecule has 4 rings (SSSR count). The van der Waals surface area contributed by atoms with Gasteiger partial charge in [0, 0.05) is 12.6 Å². The minimum absolute atomic E-state index is 0.0906. The van der Waals surface area contributed by atoms with Gasteiger partial charge in [0.1, 0.15) is 18.2 Å². The van der Waals surface area contributed by atoms with Crippen molar-refractivity contribution in [2.45, 2.75) is 50.6 Å². The van der Waals surface area contributed by atoms with Crippen molar-refractivity contribution in [2.24, 2.45) is 0 Å². The summed E-state index contributed by atoms with van der Waals surface area (Å²) in [5.41, 5.74) is 2.32. The first-order valence-corrected chi connectivity index (χ1v) is 11.7. The largest absolute Gasteiger partial charge is 0.493 e. The summed E-state index contributed by atoms with van der Waals surface area (Å²) in [6.45, 7) is 1.18. The van der Waals surface area contributed by atoms with Gasteiger partial charge in [0.2, 0.25) is 0 Å². The number of nitrogens with zero attached hydrogens (tertiary/aromatic N) is 1. The molecule has 5 nitrogen and oxygen atoms in total. The highest BCUT2D eigenvalue weighted by Crippen LogP contribution is 2.38. The van der Waals surface area contributed by atoms with E-state index in [1.54, 1.807) is 26.4 Å². The van der Waals surface area contributed by atoms with Gasteiger partial charge >= 0.3 is 0 Å². The molecule has 1 aliphatic carbocycles. The Morgan fingerprint density at radius 1 is 1.06 bits per heavy atom. The van der Waals surface area contributed by atoms with Crippen LogP contribution in [0.2, 0.25) is 0 Å². The number of methoxy groups -OCH3 is 2. The van der Waals surface area contributed by atoms with Crippen LogP contribution in [0.15, 0.2) is 36.4 Å². The summed E-state index contributed by atoms with van der Waals surface area (Å²) < 4.78 is 30.5. The summed E-state index contributed by atoms with van der Waals surface area (Å²) in [5, 5.41) is 4.37. The van der Waals surface area contributed by atoms with Crippen LogP contribution in [0.4, 0.5) is 4.39 Å². The third-order valence-electron chi connectivity index (χ3n) is 6.42. The number of rotatable bonds is 6. The van der Waals surface area contributed by atoms with Crippen LogP contribution in [0, 0.1) is 5.82 Å². The van der Waals surface area contributed by atoms with Gasteiger partial charge in [-0.05, 0) is 79.0 Å². The number of halogens is 1. The Morgan fingerprint density at radius 2 is 1.75 bits per heavy atom. The lowest BCUT2D eigenvalue weighted by molar-refractivity contribution is 0.185. The van der Waals surface area contributed by atoms with E-state index in [0.717, 1.165) is 42.2 Å². The summed E-state index contributed by atoms with van der Waals surface area (Å²) in [7, 11) is 3.29. The Bertz CT molecular complexity index is 932. The average molecular weight is 459 g/mol. The highest BCUT2D eigenvalue weighted by atomic mass is 32.1. The van der Waals surface area contributed by atoms with E-state index in [-0.39, 0.29) is 11.9 Å². The van der Waals surface area contributed by atoms with E-state index in [4.69, 9.17) is 26.4 Å². The molecule has 32 heavy (non-hydrogen) atoms. The second kappa shape index (κ2) is 10.4. The molecule has 1 unspecified atom stereocenters. The molecule has 2 aromatic carbocycles. The number of thiocarbonyl (C=S) groups is 1. The summed E-state index contributed by atoms with van der Waals surface area (Å²) in [5.74, 6) is 1.76. The van der Waals surface area contributed by atoms with Crippen LogP contribution >= 0.6 is 12.2 Å². The molecule has 1 aliphatic heterocycles. The molecule has 0 bridgehead atoms. The number of benzene rings is 2.